The molecule has 0 radical (unpaired) electrons. The van der Waals surface area contributed by atoms with Crippen LogP contribution in [0.15, 0.2) is 72.5 Å². The molecule has 1 amide bonds. The van der Waals surface area contributed by atoms with Crippen molar-refractivity contribution in [3.63, 3.8) is 0 Å². The van der Waals surface area contributed by atoms with Crippen molar-refractivity contribution in [2.75, 3.05) is 39.8 Å². The van der Waals surface area contributed by atoms with Gasteiger partial charge < -0.3 is 34.2 Å². The lowest BCUT2D eigenvalue weighted by molar-refractivity contribution is -0.151. The van der Waals surface area contributed by atoms with Gasteiger partial charge in [-0.2, -0.15) is 0 Å². The summed E-state index contributed by atoms with van der Waals surface area (Å²) in [6, 6.07) is 9.45. The van der Waals surface area contributed by atoms with Gasteiger partial charge in [0.05, 0.1) is 24.6 Å². The Labute approximate surface area is 277 Å². The molecule has 4 rings (SSSR count). The zero-order valence-electron chi connectivity index (χ0n) is 28.1. The molecule has 0 aliphatic carbocycles. The summed E-state index contributed by atoms with van der Waals surface area (Å²) in [5.41, 5.74) is 0.0587. The number of amides is 1. The van der Waals surface area contributed by atoms with Gasteiger partial charge in [-0.15, -0.1) is 0 Å². The molecule has 2 aliphatic heterocycles. The molecule has 1 aromatic heterocycles. The number of carbonyl (C=O) groups excluding carboxylic acids is 3. The Bertz CT molecular complexity index is 1470. The Hall–Kier alpha value is -3.93. The van der Waals surface area contributed by atoms with Crippen molar-refractivity contribution in [1.82, 2.24) is 14.4 Å². The minimum atomic E-state index is -1.47. The van der Waals surface area contributed by atoms with E-state index in [1.807, 2.05) is 76.4 Å². The summed E-state index contributed by atoms with van der Waals surface area (Å²) in [7, 11) is 2.00. The molecule has 47 heavy (non-hydrogen) atoms. The third kappa shape index (κ3) is 10.0. The van der Waals surface area contributed by atoms with Crippen LogP contribution < -0.4 is 0 Å². The van der Waals surface area contributed by atoms with Crippen LogP contribution in [0.5, 0.6) is 0 Å². The van der Waals surface area contributed by atoms with E-state index < -0.39 is 42.1 Å². The molecule has 0 unspecified atom stereocenters. The number of ether oxygens (including phenoxy) is 3. The Morgan fingerprint density at radius 3 is 2.60 bits per heavy atom. The van der Waals surface area contributed by atoms with Gasteiger partial charge in [-0.25, -0.2) is 9.59 Å². The van der Waals surface area contributed by atoms with Crippen molar-refractivity contribution in [2.45, 2.75) is 70.9 Å². The predicted octanol–water partition coefficient (Wildman–Crippen LogP) is 4.92. The van der Waals surface area contributed by atoms with E-state index in [0.29, 0.717) is 13.1 Å². The molecular weight excluding hydrogens is 602 g/mol. The molecule has 3 heterocycles. The topological polar surface area (TPSA) is 131 Å². The van der Waals surface area contributed by atoms with Crippen LogP contribution >= 0.6 is 0 Å². The van der Waals surface area contributed by atoms with Gasteiger partial charge in [-0.3, -0.25) is 9.36 Å². The molecular formula is C36H49N3O8. The van der Waals surface area contributed by atoms with E-state index in [1.54, 1.807) is 30.2 Å². The zero-order valence-corrected chi connectivity index (χ0v) is 28.1. The number of hydrogen-bond acceptors (Lipinski definition) is 9. The van der Waals surface area contributed by atoms with E-state index in [-0.39, 0.29) is 37.7 Å². The largest absolute Gasteiger partial charge is 0.457 e. The average molecular weight is 652 g/mol. The standard InChI is InChI=1S/C36H49N3O8/c1-25(24-45-35(43)39-18-16-28-11-6-7-12-30(28)39)9-8-10-26(2)33-27(3)13-14-31(46-34(42)38-21-19-37(5)20-22-38)36(4,44)17-15-29(40)23-32(41)47-33/h6-14,16,18,25,27,29,31,33,40,44H,15,17,19-24H2,1-5H3/b9-8+,14-13-,26-10+/t25-,27+,29-,31+,33-,36-/m1/s1. The summed E-state index contributed by atoms with van der Waals surface area (Å²) in [6.45, 7) is 9.93. The van der Waals surface area contributed by atoms with Crippen LogP contribution in [0.4, 0.5) is 9.59 Å². The van der Waals surface area contributed by atoms with Crippen molar-refractivity contribution in [2.24, 2.45) is 11.8 Å². The quantitative estimate of drug-likeness (QED) is 0.194. The maximum atomic E-state index is 13.0. The number of fused-ring (bicyclic) bond motifs is 1. The second kappa shape index (κ2) is 16.3. The van der Waals surface area contributed by atoms with Crippen LogP contribution in [-0.4, -0.2) is 106 Å². The SMILES string of the molecule is C/C(=C\C=C\[C@@H](C)COC(=O)n1ccc2ccccc21)[C@H]1OC(=O)C[C@H](O)CC[C@@](C)(O)[C@@H](OC(=O)N2CCN(C)CC2)/C=C\[C@@H]1C. The number of nitrogens with zero attached hydrogens (tertiary/aromatic N) is 3. The van der Waals surface area contributed by atoms with Gasteiger partial charge >= 0.3 is 18.2 Å². The number of hydrogen-bond donors (Lipinski definition) is 2. The maximum Gasteiger partial charge on any atom is 0.418 e. The molecule has 0 bridgehead atoms. The number of allylic oxidation sites excluding steroid dienone is 2. The molecule has 1 saturated heterocycles. The highest BCUT2D eigenvalue weighted by atomic mass is 16.6. The lowest BCUT2D eigenvalue weighted by atomic mass is 9.89. The molecule has 0 saturated carbocycles. The molecule has 2 aromatic rings. The van der Waals surface area contributed by atoms with Crippen LogP contribution in [0.1, 0.15) is 47.0 Å². The van der Waals surface area contributed by atoms with Crippen molar-refractivity contribution in [3.8, 4) is 0 Å². The highest BCUT2D eigenvalue weighted by Crippen LogP contribution is 2.27. The minimum absolute atomic E-state index is 0.0888. The second-order valence-electron chi connectivity index (χ2n) is 13.1. The Balaban J connectivity index is 1.43. The first-order valence-corrected chi connectivity index (χ1v) is 16.3. The number of piperazine rings is 1. The van der Waals surface area contributed by atoms with Crippen LogP contribution in [0, 0.1) is 11.8 Å². The summed E-state index contributed by atoms with van der Waals surface area (Å²) in [4.78, 5) is 42.3. The Morgan fingerprint density at radius 2 is 1.85 bits per heavy atom. The number of cyclic esters (lactones) is 1. The van der Waals surface area contributed by atoms with E-state index in [2.05, 4.69) is 4.90 Å². The molecule has 6 atom stereocenters. The average Bonchev–Trinajstić information content (AvgIpc) is 3.47. The van der Waals surface area contributed by atoms with E-state index in [0.717, 1.165) is 29.6 Å². The van der Waals surface area contributed by atoms with Crippen LogP contribution in [-0.2, 0) is 19.0 Å². The van der Waals surface area contributed by atoms with Crippen molar-refractivity contribution in [3.05, 3.63) is 72.5 Å². The van der Waals surface area contributed by atoms with Gasteiger partial charge in [0.15, 0.2) is 6.10 Å². The summed E-state index contributed by atoms with van der Waals surface area (Å²) in [6.07, 6.45) is 7.09. The number of likely N-dealkylation sites (N-methyl/N-ethyl adjacent to an activating group) is 1. The molecule has 2 N–H and O–H groups in total. The zero-order chi connectivity index (χ0) is 34.1. The fraction of sp³-hybridized carbons (Fsp3) is 0.528. The fourth-order valence-electron chi connectivity index (χ4n) is 5.68. The van der Waals surface area contributed by atoms with Gasteiger partial charge in [0.1, 0.15) is 11.7 Å². The van der Waals surface area contributed by atoms with Gasteiger partial charge in [0.25, 0.3) is 0 Å². The first-order chi connectivity index (χ1) is 22.3. The Kier molecular flexibility index (Phi) is 12.4. The highest BCUT2D eigenvalue weighted by Gasteiger charge is 2.36. The molecule has 256 valence electrons. The van der Waals surface area contributed by atoms with Crippen LogP contribution in [0.25, 0.3) is 10.9 Å². The normalized spacial score (nSPS) is 28.3. The summed E-state index contributed by atoms with van der Waals surface area (Å²) in [5.74, 6) is -0.986. The van der Waals surface area contributed by atoms with Gasteiger partial charge in [-0.1, -0.05) is 56.4 Å². The number of aliphatic hydroxyl groups is 2. The number of benzene rings is 1. The van der Waals surface area contributed by atoms with E-state index in [1.165, 1.54) is 4.57 Å². The highest BCUT2D eigenvalue weighted by molar-refractivity contribution is 5.89. The van der Waals surface area contributed by atoms with Crippen molar-refractivity contribution in [1.29, 1.82) is 0 Å². The number of rotatable bonds is 6. The van der Waals surface area contributed by atoms with E-state index in [9.17, 15) is 24.6 Å². The van der Waals surface area contributed by atoms with Gasteiger partial charge in [-0.05, 0) is 57.5 Å². The lowest BCUT2D eigenvalue weighted by Gasteiger charge is -2.36. The first-order valence-electron chi connectivity index (χ1n) is 16.3. The molecule has 11 nitrogen and oxygen atoms in total. The summed E-state index contributed by atoms with van der Waals surface area (Å²) >= 11 is 0. The summed E-state index contributed by atoms with van der Waals surface area (Å²) in [5, 5.41) is 22.9. The monoisotopic (exact) mass is 651 g/mol. The third-order valence-electron chi connectivity index (χ3n) is 8.83. The molecule has 0 spiro atoms. The number of aliphatic hydroxyl groups excluding tert-OH is 1. The third-order valence-corrected chi connectivity index (χ3v) is 8.83. The number of para-hydroxylation sites is 1. The van der Waals surface area contributed by atoms with Crippen molar-refractivity contribution >= 4 is 29.1 Å². The number of carbonyl (C=O) groups is 3. The molecule has 1 aromatic carbocycles. The lowest BCUT2D eigenvalue weighted by Crippen LogP contribution is -2.50. The smallest absolute Gasteiger partial charge is 0.418 e. The van der Waals surface area contributed by atoms with Gasteiger partial charge in [0, 0.05) is 49.6 Å². The Morgan fingerprint density at radius 1 is 1.13 bits per heavy atom. The van der Waals surface area contributed by atoms with Crippen molar-refractivity contribution < 1.29 is 38.8 Å². The first kappa shape index (κ1) is 35.9. The summed E-state index contributed by atoms with van der Waals surface area (Å²) < 4.78 is 18.7. The predicted molar refractivity (Wildman–Crippen MR) is 179 cm³/mol. The van der Waals surface area contributed by atoms with E-state index >= 15 is 0 Å². The maximum absolute atomic E-state index is 13.0. The van der Waals surface area contributed by atoms with Crippen LogP contribution in [0.3, 0.4) is 0 Å². The number of esters is 1. The molecule has 2 aliphatic rings. The van der Waals surface area contributed by atoms with E-state index in [4.69, 9.17) is 14.2 Å². The molecule has 1 fully saturated rings. The van der Waals surface area contributed by atoms with Gasteiger partial charge in [0.2, 0.25) is 0 Å². The van der Waals surface area contributed by atoms with Crippen LogP contribution in [0.2, 0.25) is 0 Å². The minimum Gasteiger partial charge on any atom is -0.457 e. The molecule has 11 heteroatoms. The fourth-order valence-corrected chi connectivity index (χ4v) is 5.68. The number of aromatic nitrogens is 1. The second-order valence-corrected chi connectivity index (χ2v) is 13.1.